The minimum absolute atomic E-state index is 0.0603. The van der Waals surface area contributed by atoms with Crippen LogP contribution in [0.3, 0.4) is 0 Å². The number of halogens is 3. The lowest BCUT2D eigenvalue weighted by atomic mass is 10.3. The SMILES string of the molecule is O=C(COc1ccccc1Cl)Nc1ccc(F)c(Cl)c1. The van der Waals surface area contributed by atoms with Gasteiger partial charge in [-0.15, -0.1) is 0 Å². The molecule has 2 aromatic rings. The van der Waals surface area contributed by atoms with Crippen LogP contribution in [-0.4, -0.2) is 12.5 Å². The van der Waals surface area contributed by atoms with Crippen LogP contribution in [0.2, 0.25) is 10.0 Å². The highest BCUT2D eigenvalue weighted by atomic mass is 35.5. The van der Waals surface area contributed by atoms with E-state index in [4.69, 9.17) is 27.9 Å². The molecule has 0 saturated heterocycles. The Hall–Kier alpha value is -1.78. The second-order valence-corrected chi connectivity index (χ2v) is 4.71. The van der Waals surface area contributed by atoms with E-state index in [0.29, 0.717) is 16.5 Å². The van der Waals surface area contributed by atoms with Crippen molar-refractivity contribution in [3.8, 4) is 5.75 Å². The van der Waals surface area contributed by atoms with Crippen molar-refractivity contribution in [3.63, 3.8) is 0 Å². The average molecular weight is 314 g/mol. The highest BCUT2D eigenvalue weighted by Crippen LogP contribution is 2.23. The van der Waals surface area contributed by atoms with Crippen LogP contribution in [0.1, 0.15) is 0 Å². The Labute approximate surface area is 125 Å². The van der Waals surface area contributed by atoms with Crippen molar-refractivity contribution < 1.29 is 13.9 Å². The van der Waals surface area contributed by atoms with Crippen molar-refractivity contribution in [2.75, 3.05) is 11.9 Å². The molecule has 2 rings (SSSR count). The van der Waals surface area contributed by atoms with E-state index < -0.39 is 11.7 Å². The molecule has 1 N–H and O–H groups in total. The fraction of sp³-hybridized carbons (Fsp3) is 0.0714. The van der Waals surface area contributed by atoms with Crippen LogP contribution in [0.25, 0.3) is 0 Å². The monoisotopic (exact) mass is 313 g/mol. The molecule has 3 nitrogen and oxygen atoms in total. The van der Waals surface area contributed by atoms with Crippen molar-refractivity contribution in [2.45, 2.75) is 0 Å². The topological polar surface area (TPSA) is 38.3 Å². The summed E-state index contributed by atoms with van der Waals surface area (Å²) in [6.07, 6.45) is 0. The molecular weight excluding hydrogens is 304 g/mol. The zero-order valence-electron chi connectivity index (χ0n) is 10.2. The predicted molar refractivity (Wildman–Crippen MR) is 77.0 cm³/mol. The summed E-state index contributed by atoms with van der Waals surface area (Å²) >= 11 is 11.5. The Bertz CT molecular complexity index is 634. The molecule has 0 heterocycles. The van der Waals surface area contributed by atoms with E-state index in [9.17, 15) is 9.18 Å². The summed E-state index contributed by atoms with van der Waals surface area (Å²) in [7, 11) is 0. The van der Waals surface area contributed by atoms with Gasteiger partial charge in [-0.05, 0) is 30.3 Å². The van der Waals surface area contributed by atoms with Crippen LogP contribution < -0.4 is 10.1 Å². The Kier molecular flexibility index (Phi) is 4.82. The molecule has 0 unspecified atom stereocenters. The molecule has 0 aliphatic carbocycles. The highest BCUT2D eigenvalue weighted by molar-refractivity contribution is 6.32. The third kappa shape index (κ3) is 3.85. The first kappa shape index (κ1) is 14.6. The van der Waals surface area contributed by atoms with Gasteiger partial charge in [0.2, 0.25) is 0 Å². The predicted octanol–water partition coefficient (Wildman–Crippen LogP) is 4.15. The molecule has 6 heteroatoms. The fourth-order valence-corrected chi connectivity index (χ4v) is 1.85. The minimum Gasteiger partial charge on any atom is -0.482 e. The number of rotatable bonds is 4. The summed E-state index contributed by atoms with van der Waals surface area (Å²) in [5, 5.41) is 2.90. The molecule has 0 spiro atoms. The van der Waals surface area contributed by atoms with Crippen molar-refractivity contribution in [2.24, 2.45) is 0 Å². The van der Waals surface area contributed by atoms with Crippen molar-refractivity contribution in [3.05, 3.63) is 58.3 Å². The third-order valence-corrected chi connectivity index (χ3v) is 3.00. The van der Waals surface area contributed by atoms with Gasteiger partial charge < -0.3 is 10.1 Å². The first-order chi connectivity index (χ1) is 9.56. The number of hydrogen-bond acceptors (Lipinski definition) is 2. The molecule has 104 valence electrons. The van der Waals surface area contributed by atoms with E-state index in [2.05, 4.69) is 5.32 Å². The number of carbonyl (C=O) groups is 1. The van der Waals surface area contributed by atoms with Crippen LogP contribution in [0.5, 0.6) is 5.75 Å². The van der Waals surface area contributed by atoms with Gasteiger partial charge in [0, 0.05) is 5.69 Å². The second-order valence-electron chi connectivity index (χ2n) is 3.90. The molecular formula is C14H10Cl2FNO2. The Balaban J connectivity index is 1.93. The minimum atomic E-state index is -0.544. The zero-order chi connectivity index (χ0) is 14.5. The molecule has 2 aromatic carbocycles. The maximum atomic E-state index is 13.0. The van der Waals surface area contributed by atoms with Gasteiger partial charge in [-0.2, -0.15) is 0 Å². The first-order valence-corrected chi connectivity index (χ1v) is 6.44. The van der Waals surface area contributed by atoms with E-state index >= 15 is 0 Å². The summed E-state index contributed by atoms with van der Waals surface area (Å²) in [6, 6.07) is 10.7. The molecule has 0 radical (unpaired) electrons. The van der Waals surface area contributed by atoms with E-state index in [1.54, 1.807) is 24.3 Å². The number of carbonyl (C=O) groups excluding carboxylic acids is 1. The zero-order valence-corrected chi connectivity index (χ0v) is 11.7. The Morgan fingerprint density at radius 2 is 1.90 bits per heavy atom. The number of nitrogens with one attached hydrogen (secondary N) is 1. The average Bonchev–Trinajstić information content (AvgIpc) is 2.42. The molecule has 0 fully saturated rings. The maximum Gasteiger partial charge on any atom is 0.262 e. The Morgan fingerprint density at radius 3 is 2.60 bits per heavy atom. The Morgan fingerprint density at radius 1 is 1.15 bits per heavy atom. The quantitative estimate of drug-likeness (QED) is 0.920. The van der Waals surface area contributed by atoms with Crippen LogP contribution in [0.4, 0.5) is 10.1 Å². The summed E-state index contributed by atoms with van der Waals surface area (Å²) in [4.78, 5) is 11.7. The van der Waals surface area contributed by atoms with Gasteiger partial charge in [0.1, 0.15) is 11.6 Å². The normalized spacial score (nSPS) is 10.2. The molecule has 1 amide bonds. The smallest absolute Gasteiger partial charge is 0.262 e. The number of amides is 1. The van der Waals surface area contributed by atoms with Crippen molar-refractivity contribution in [1.82, 2.24) is 0 Å². The van der Waals surface area contributed by atoms with Gasteiger partial charge in [0.15, 0.2) is 6.61 Å². The summed E-state index contributed by atoms with van der Waals surface area (Å²) in [6.45, 7) is -0.210. The number of benzene rings is 2. The van der Waals surface area contributed by atoms with Crippen molar-refractivity contribution in [1.29, 1.82) is 0 Å². The molecule has 0 bridgehead atoms. The van der Waals surface area contributed by atoms with Gasteiger partial charge in [-0.3, -0.25) is 4.79 Å². The fourth-order valence-electron chi connectivity index (χ4n) is 1.48. The van der Waals surface area contributed by atoms with Gasteiger partial charge in [0.05, 0.1) is 10.0 Å². The lowest BCUT2D eigenvalue weighted by molar-refractivity contribution is -0.118. The van der Waals surface area contributed by atoms with Crippen LogP contribution in [-0.2, 0) is 4.79 Å². The van der Waals surface area contributed by atoms with E-state index in [0.717, 1.165) is 0 Å². The van der Waals surface area contributed by atoms with E-state index in [1.165, 1.54) is 18.2 Å². The standard InChI is InChI=1S/C14H10Cl2FNO2/c15-10-3-1-2-4-13(10)20-8-14(19)18-9-5-6-12(17)11(16)7-9/h1-7H,8H2,(H,18,19). The number of ether oxygens (including phenoxy) is 1. The molecule has 0 aliphatic rings. The van der Waals surface area contributed by atoms with Crippen LogP contribution in [0, 0.1) is 5.82 Å². The first-order valence-electron chi connectivity index (χ1n) is 5.68. The van der Waals surface area contributed by atoms with Gasteiger partial charge in [-0.25, -0.2) is 4.39 Å². The largest absolute Gasteiger partial charge is 0.482 e. The molecule has 0 saturated carbocycles. The summed E-state index contributed by atoms with van der Waals surface area (Å²) in [5.74, 6) is -0.522. The lowest BCUT2D eigenvalue weighted by Gasteiger charge is -2.09. The van der Waals surface area contributed by atoms with Crippen LogP contribution in [0.15, 0.2) is 42.5 Å². The van der Waals surface area contributed by atoms with Crippen molar-refractivity contribution >= 4 is 34.8 Å². The number of para-hydroxylation sites is 1. The lowest BCUT2D eigenvalue weighted by Crippen LogP contribution is -2.20. The molecule has 0 atom stereocenters. The molecule has 0 aliphatic heterocycles. The van der Waals surface area contributed by atoms with Gasteiger partial charge >= 0.3 is 0 Å². The highest BCUT2D eigenvalue weighted by Gasteiger charge is 2.07. The second kappa shape index (κ2) is 6.59. The van der Waals surface area contributed by atoms with Crippen LogP contribution >= 0.6 is 23.2 Å². The van der Waals surface area contributed by atoms with Gasteiger partial charge in [-0.1, -0.05) is 35.3 Å². The third-order valence-electron chi connectivity index (χ3n) is 2.40. The van der Waals surface area contributed by atoms with Gasteiger partial charge in [0.25, 0.3) is 5.91 Å². The summed E-state index contributed by atoms with van der Waals surface area (Å²) in [5.41, 5.74) is 0.393. The molecule has 0 aromatic heterocycles. The van der Waals surface area contributed by atoms with E-state index in [-0.39, 0.29) is 11.6 Å². The number of anilines is 1. The summed E-state index contributed by atoms with van der Waals surface area (Å²) < 4.78 is 18.2. The maximum absolute atomic E-state index is 13.0. The number of hydrogen-bond donors (Lipinski definition) is 1. The molecule has 20 heavy (non-hydrogen) atoms. The van der Waals surface area contributed by atoms with E-state index in [1.807, 2.05) is 0 Å².